The second-order valence-electron chi connectivity index (χ2n) is 9.88. The fraction of sp³-hybridized carbons (Fsp3) is 0.323. The summed E-state index contributed by atoms with van der Waals surface area (Å²) in [5.74, 6) is 0.764. The second kappa shape index (κ2) is 10.4. The van der Waals surface area contributed by atoms with Crippen LogP contribution < -0.4 is 4.74 Å². The minimum absolute atomic E-state index is 0.00289. The molecule has 2 aliphatic rings. The van der Waals surface area contributed by atoms with Crippen molar-refractivity contribution in [3.63, 3.8) is 0 Å². The average Bonchev–Trinajstić information content (AvgIpc) is 2.93. The number of hydrogen-bond acceptors (Lipinski definition) is 5. The number of fused-ring (bicyclic) bond motifs is 3. The maximum absolute atomic E-state index is 10.7. The molecule has 1 atom stereocenters. The quantitative estimate of drug-likeness (QED) is 0.397. The van der Waals surface area contributed by atoms with Gasteiger partial charge in [-0.3, -0.25) is 4.98 Å². The maximum Gasteiger partial charge on any atom is 0.128 e. The van der Waals surface area contributed by atoms with Gasteiger partial charge in [-0.2, -0.15) is 0 Å². The third-order valence-electron chi connectivity index (χ3n) is 7.43. The third-order valence-corrected chi connectivity index (χ3v) is 7.43. The lowest BCUT2D eigenvalue weighted by atomic mass is 9.84. The van der Waals surface area contributed by atoms with Gasteiger partial charge in [-0.1, -0.05) is 54.6 Å². The molecule has 3 aromatic carbocycles. The standard InChI is InChI=1S/C31H32N2O3/c34-24(21-35-30-13-5-12-29-28(30)11-6-16-32-29)20-33-17-14-25(15-18-33)36-31-26-9-3-1-7-22(26)19-23-8-2-4-10-27(23)31/h1-13,16,24-25,31,34H,14-15,17-21H2. The van der Waals surface area contributed by atoms with E-state index in [0.717, 1.165) is 49.0 Å². The topological polar surface area (TPSA) is 54.8 Å². The van der Waals surface area contributed by atoms with E-state index in [4.69, 9.17) is 9.47 Å². The molecule has 0 amide bonds. The van der Waals surface area contributed by atoms with Crippen molar-refractivity contribution in [2.75, 3.05) is 26.2 Å². The first kappa shape index (κ1) is 23.2. The number of β-amino-alcohol motifs (C(OH)–C–C–N with tert-alkyl or cyclic N) is 1. The molecule has 1 unspecified atom stereocenters. The number of hydrogen-bond donors (Lipinski definition) is 1. The first-order valence-corrected chi connectivity index (χ1v) is 12.9. The lowest BCUT2D eigenvalue weighted by Gasteiger charge is -2.36. The Morgan fingerprint density at radius 2 is 1.58 bits per heavy atom. The van der Waals surface area contributed by atoms with Gasteiger partial charge in [0.15, 0.2) is 0 Å². The predicted molar refractivity (Wildman–Crippen MR) is 141 cm³/mol. The van der Waals surface area contributed by atoms with E-state index in [1.807, 2.05) is 30.3 Å². The molecule has 184 valence electrons. The number of aliphatic hydroxyl groups is 1. The second-order valence-corrected chi connectivity index (χ2v) is 9.88. The fourth-order valence-corrected chi connectivity index (χ4v) is 5.58. The van der Waals surface area contributed by atoms with Gasteiger partial charge in [0.05, 0.1) is 11.6 Å². The summed E-state index contributed by atoms with van der Waals surface area (Å²) in [7, 11) is 0. The Kier molecular flexibility index (Phi) is 6.69. The molecule has 0 bridgehead atoms. The lowest BCUT2D eigenvalue weighted by Crippen LogP contribution is -2.42. The summed E-state index contributed by atoms with van der Waals surface area (Å²) < 4.78 is 12.7. The normalized spacial score (nSPS) is 17.5. The summed E-state index contributed by atoms with van der Waals surface area (Å²) >= 11 is 0. The number of pyridine rings is 1. The SMILES string of the molecule is OC(COc1cccc2ncccc12)CN1CCC(OC2c3ccccc3Cc3ccccc32)CC1. The van der Waals surface area contributed by atoms with Crippen molar-refractivity contribution in [1.29, 1.82) is 0 Å². The molecule has 5 heteroatoms. The Morgan fingerprint density at radius 1 is 0.861 bits per heavy atom. The monoisotopic (exact) mass is 480 g/mol. The molecular weight excluding hydrogens is 448 g/mol. The zero-order valence-electron chi connectivity index (χ0n) is 20.4. The average molecular weight is 481 g/mol. The molecule has 1 saturated heterocycles. The lowest BCUT2D eigenvalue weighted by molar-refractivity contribution is -0.0357. The number of ether oxygens (including phenoxy) is 2. The Labute approximate surface area is 212 Å². The molecule has 4 aromatic rings. The number of nitrogens with zero attached hydrogens (tertiary/aromatic N) is 2. The Bertz CT molecular complexity index is 1280. The molecule has 1 aliphatic heterocycles. The van der Waals surface area contributed by atoms with Gasteiger partial charge in [0.1, 0.15) is 24.6 Å². The summed E-state index contributed by atoms with van der Waals surface area (Å²) in [4.78, 5) is 6.69. The van der Waals surface area contributed by atoms with Crippen molar-refractivity contribution in [3.05, 3.63) is 107 Å². The van der Waals surface area contributed by atoms with Gasteiger partial charge >= 0.3 is 0 Å². The molecule has 1 aliphatic carbocycles. The molecule has 5 nitrogen and oxygen atoms in total. The van der Waals surface area contributed by atoms with Crippen LogP contribution in [0, 0.1) is 0 Å². The van der Waals surface area contributed by atoms with Crippen molar-refractivity contribution in [2.45, 2.75) is 37.6 Å². The molecule has 6 rings (SSSR count). The number of aliphatic hydroxyl groups excluding tert-OH is 1. The molecule has 36 heavy (non-hydrogen) atoms. The molecule has 0 saturated carbocycles. The zero-order valence-corrected chi connectivity index (χ0v) is 20.4. The van der Waals surface area contributed by atoms with Gasteiger partial charge in [0, 0.05) is 31.2 Å². The minimum Gasteiger partial charge on any atom is -0.490 e. The van der Waals surface area contributed by atoms with Crippen LogP contribution in [0.2, 0.25) is 0 Å². The van der Waals surface area contributed by atoms with Crippen molar-refractivity contribution in [2.24, 2.45) is 0 Å². The first-order valence-electron chi connectivity index (χ1n) is 12.9. The number of likely N-dealkylation sites (tertiary alicyclic amines) is 1. The molecule has 0 spiro atoms. The van der Waals surface area contributed by atoms with E-state index in [9.17, 15) is 5.11 Å². The molecule has 2 heterocycles. The van der Waals surface area contributed by atoms with E-state index in [2.05, 4.69) is 58.4 Å². The molecule has 1 aromatic heterocycles. The number of piperidine rings is 1. The van der Waals surface area contributed by atoms with Crippen LogP contribution in [0.3, 0.4) is 0 Å². The van der Waals surface area contributed by atoms with Crippen LogP contribution in [0.5, 0.6) is 5.75 Å². The first-order chi connectivity index (χ1) is 17.7. The van der Waals surface area contributed by atoms with Gasteiger partial charge < -0.3 is 19.5 Å². The largest absolute Gasteiger partial charge is 0.490 e. The van der Waals surface area contributed by atoms with Crippen molar-refractivity contribution in [3.8, 4) is 5.75 Å². The highest BCUT2D eigenvalue weighted by Gasteiger charge is 2.30. The zero-order chi connectivity index (χ0) is 24.3. The van der Waals surface area contributed by atoms with E-state index in [1.54, 1.807) is 6.20 Å². The van der Waals surface area contributed by atoms with E-state index in [-0.39, 0.29) is 18.8 Å². The summed E-state index contributed by atoms with van der Waals surface area (Å²) in [6, 6.07) is 27.1. The Morgan fingerprint density at radius 3 is 2.33 bits per heavy atom. The molecule has 0 radical (unpaired) electrons. The van der Waals surface area contributed by atoms with Crippen molar-refractivity contribution in [1.82, 2.24) is 9.88 Å². The van der Waals surface area contributed by atoms with E-state index >= 15 is 0 Å². The van der Waals surface area contributed by atoms with Crippen molar-refractivity contribution < 1.29 is 14.6 Å². The molecule has 1 fully saturated rings. The van der Waals surface area contributed by atoms with E-state index < -0.39 is 6.10 Å². The smallest absolute Gasteiger partial charge is 0.128 e. The van der Waals surface area contributed by atoms with Crippen molar-refractivity contribution >= 4 is 10.9 Å². The van der Waals surface area contributed by atoms with Gasteiger partial charge in [-0.05, 0) is 65.8 Å². The number of rotatable bonds is 7. The third kappa shape index (κ3) is 4.87. The highest BCUT2D eigenvalue weighted by atomic mass is 16.5. The van der Waals surface area contributed by atoms with Gasteiger partial charge in [-0.25, -0.2) is 0 Å². The molecular formula is C31H32N2O3. The fourth-order valence-electron chi connectivity index (χ4n) is 5.58. The summed E-state index contributed by atoms with van der Waals surface area (Å²) in [6.07, 6.45) is 4.33. The van der Waals surface area contributed by atoms with Gasteiger partial charge in [0.25, 0.3) is 0 Å². The Balaban J connectivity index is 1.03. The van der Waals surface area contributed by atoms with Crippen LogP contribution in [0.1, 0.15) is 41.2 Å². The van der Waals surface area contributed by atoms with Crippen LogP contribution in [0.25, 0.3) is 10.9 Å². The summed E-state index contributed by atoms with van der Waals surface area (Å²) in [5.41, 5.74) is 6.23. The number of benzene rings is 3. The summed E-state index contributed by atoms with van der Waals surface area (Å²) in [5, 5.41) is 11.6. The van der Waals surface area contributed by atoms with E-state index in [1.165, 1.54) is 22.3 Å². The maximum atomic E-state index is 10.7. The molecule has 1 N–H and O–H groups in total. The summed E-state index contributed by atoms with van der Waals surface area (Å²) in [6.45, 7) is 2.69. The van der Waals surface area contributed by atoms with Gasteiger partial charge in [0.2, 0.25) is 0 Å². The van der Waals surface area contributed by atoms with Crippen LogP contribution in [-0.2, 0) is 11.2 Å². The highest BCUT2D eigenvalue weighted by Crippen LogP contribution is 2.39. The predicted octanol–water partition coefficient (Wildman–Crippen LogP) is 5.15. The van der Waals surface area contributed by atoms with Crippen LogP contribution in [0.4, 0.5) is 0 Å². The Hall–Kier alpha value is -3.25. The minimum atomic E-state index is -0.550. The van der Waals surface area contributed by atoms with E-state index in [0.29, 0.717) is 6.54 Å². The van der Waals surface area contributed by atoms with Gasteiger partial charge in [-0.15, -0.1) is 0 Å². The van der Waals surface area contributed by atoms with Crippen LogP contribution in [0.15, 0.2) is 85.1 Å². The van der Waals surface area contributed by atoms with Crippen LogP contribution in [-0.4, -0.2) is 53.4 Å². The number of aromatic nitrogens is 1. The highest BCUT2D eigenvalue weighted by molar-refractivity contribution is 5.84. The van der Waals surface area contributed by atoms with Crippen LogP contribution >= 0.6 is 0 Å².